The van der Waals surface area contributed by atoms with Crippen LogP contribution in [-0.4, -0.2) is 58.4 Å². The molecule has 6 nitrogen and oxygen atoms in total. The first kappa shape index (κ1) is 12.8. The molecule has 2 fully saturated rings. The van der Waals surface area contributed by atoms with Gasteiger partial charge in [0.2, 0.25) is 0 Å². The summed E-state index contributed by atoms with van der Waals surface area (Å²) in [4.78, 5) is 15.6. The molecule has 1 aromatic rings. The number of rotatable bonds is 2. The number of likely N-dealkylation sites (N-methyl/N-ethyl adjacent to an activating group) is 1. The summed E-state index contributed by atoms with van der Waals surface area (Å²) in [6, 6.07) is 0. The largest absolute Gasteiger partial charge is 0.440 e. The Morgan fingerprint density at radius 3 is 2.89 bits per heavy atom. The zero-order chi connectivity index (χ0) is 13.5. The van der Waals surface area contributed by atoms with Crippen LogP contribution in [0.2, 0.25) is 0 Å². The normalized spacial score (nSPS) is 28.1. The van der Waals surface area contributed by atoms with Crippen molar-refractivity contribution >= 4 is 17.4 Å². The molecule has 2 saturated heterocycles. The number of aryl methyl sites for hydroxylation is 1. The average Bonchev–Trinajstić information content (AvgIpc) is 2.85. The van der Waals surface area contributed by atoms with Gasteiger partial charge in [0.05, 0.1) is 13.1 Å². The van der Waals surface area contributed by atoms with E-state index < -0.39 is 0 Å². The number of nitrogens with zero attached hydrogens (tertiary/aromatic N) is 4. The lowest BCUT2D eigenvalue weighted by molar-refractivity contribution is -0.0114. The van der Waals surface area contributed by atoms with Crippen molar-refractivity contribution in [1.29, 1.82) is 0 Å². The topological polar surface area (TPSA) is 58.6 Å². The van der Waals surface area contributed by atoms with Gasteiger partial charge >= 0.3 is 6.09 Å². The Labute approximate surface area is 116 Å². The Morgan fingerprint density at radius 2 is 2.26 bits per heavy atom. The van der Waals surface area contributed by atoms with E-state index in [4.69, 9.17) is 4.74 Å². The van der Waals surface area contributed by atoms with Crippen molar-refractivity contribution < 1.29 is 9.53 Å². The second-order valence-electron chi connectivity index (χ2n) is 5.44. The molecule has 0 aliphatic carbocycles. The van der Waals surface area contributed by atoms with Crippen LogP contribution < -0.4 is 0 Å². The van der Waals surface area contributed by atoms with E-state index >= 15 is 0 Å². The molecule has 7 heteroatoms. The van der Waals surface area contributed by atoms with Gasteiger partial charge in [-0.15, -0.1) is 21.5 Å². The molecule has 0 bridgehead atoms. The smallest absolute Gasteiger partial charge is 0.410 e. The zero-order valence-electron chi connectivity index (χ0n) is 11.3. The van der Waals surface area contributed by atoms with Crippen molar-refractivity contribution in [2.45, 2.75) is 31.9 Å². The fourth-order valence-electron chi connectivity index (χ4n) is 2.92. The molecule has 1 atom stereocenters. The Balaban J connectivity index is 1.67. The molecule has 104 valence electrons. The number of amides is 1. The van der Waals surface area contributed by atoms with Gasteiger partial charge in [-0.05, 0) is 26.3 Å². The lowest BCUT2D eigenvalue weighted by Crippen LogP contribution is -2.50. The van der Waals surface area contributed by atoms with Crippen molar-refractivity contribution in [1.82, 2.24) is 20.0 Å². The van der Waals surface area contributed by atoms with E-state index in [1.807, 2.05) is 6.92 Å². The van der Waals surface area contributed by atoms with E-state index in [0.717, 1.165) is 42.5 Å². The summed E-state index contributed by atoms with van der Waals surface area (Å²) in [5.74, 6) is 0. The lowest BCUT2D eigenvalue weighted by Gasteiger charge is -2.37. The Hall–Kier alpha value is -1.21. The molecule has 0 aromatic carbocycles. The van der Waals surface area contributed by atoms with Crippen LogP contribution in [0, 0.1) is 6.92 Å². The minimum absolute atomic E-state index is 0.200. The third-order valence-electron chi connectivity index (χ3n) is 3.69. The fraction of sp³-hybridized carbons (Fsp3) is 0.750. The third kappa shape index (κ3) is 2.57. The van der Waals surface area contributed by atoms with Gasteiger partial charge < -0.3 is 9.64 Å². The first-order chi connectivity index (χ1) is 9.06. The monoisotopic (exact) mass is 282 g/mol. The molecule has 19 heavy (non-hydrogen) atoms. The number of hydrogen-bond donors (Lipinski definition) is 0. The summed E-state index contributed by atoms with van der Waals surface area (Å²) >= 11 is 1.63. The predicted molar refractivity (Wildman–Crippen MR) is 71.0 cm³/mol. The molecular formula is C12H18N4O2S. The van der Waals surface area contributed by atoms with Crippen molar-refractivity contribution in [3.05, 3.63) is 10.0 Å². The van der Waals surface area contributed by atoms with E-state index in [9.17, 15) is 4.79 Å². The lowest BCUT2D eigenvalue weighted by atomic mass is 9.93. The number of aromatic nitrogens is 2. The summed E-state index contributed by atoms with van der Waals surface area (Å²) in [5, 5.41) is 10.2. The van der Waals surface area contributed by atoms with Crippen LogP contribution in [0.15, 0.2) is 0 Å². The standard InChI is InChI=1S/C12H18N4O2S/c1-9-13-14-10(19-9)6-16-5-3-4-12(8-16)7-15(2)11(17)18-12/h3-8H2,1-2H3/t12-/m1/s1. The van der Waals surface area contributed by atoms with Gasteiger partial charge in [-0.3, -0.25) is 4.90 Å². The van der Waals surface area contributed by atoms with Gasteiger partial charge in [0.25, 0.3) is 0 Å². The van der Waals surface area contributed by atoms with Crippen LogP contribution in [0.1, 0.15) is 22.9 Å². The third-order valence-corrected chi connectivity index (χ3v) is 4.51. The number of hydrogen-bond acceptors (Lipinski definition) is 6. The van der Waals surface area contributed by atoms with E-state index in [-0.39, 0.29) is 11.7 Å². The summed E-state index contributed by atoms with van der Waals surface area (Å²) in [6.45, 7) is 5.28. The maximum absolute atomic E-state index is 11.6. The van der Waals surface area contributed by atoms with Gasteiger partial charge in [-0.2, -0.15) is 0 Å². The molecular weight excluding hydrogens is 264 g/mol. The van der Waals surface area contributed by atoms with Crippen LogP contribution in [0.3, 0.4) is 0 Å². The van der Waals surface area contributed by atoms with Gasteiger partial charge in [0.1, 0.15) is 15.6 Å². The average molecular weight is 282 g/mol. The number of piperidine rings is 1. The van der Waals surface area contributed by atoms with Crippen LogP contribution >= 0.6 is 11.3 Å². The second-order valence-corrected chi connectivity index (χ2v) is 6.70. The van der Waals surface area contributed by atoms with Crippen molar-refractivity contribution in [3.8, 4) is 0 Å². The van der Waals surface area contributed by atoms with E-state index in [2.05, 4.69) is 15.1 Å². The molecule has 1 amide bonds. The van der Waals surface area contributed by atoms with Crippen LogP contribution in [0.5, 0.6) is 0 Å². The molecule has 0 saturated carbocycles. The van der Waals surface area contributed by atoms with Gasteiger partial charge in [0, 0.05) is 13.6 Å². The molecule has 2 aliphatic rings. The molecule has 1 spiro atoms. The molecule has 0 N–H and O–H groups in total. The van der Waals surface area contributed by atoms with E-state index in [1.54, 1.807) is 23.3 Å². The fourth-order valence-corrected chi connectivity index (χ4v) is 3.67. The highest BCUT2D eigenvalue weighted by molar-refractivity contribution is 7.11. The second kappa shape index (κ2) is 4.72. The first-order valence-electron chi connectivity index (χ1n) is 6.52. The minimum Gasteiger partial charge on any atom is -0.440 e. The molecule has 1 aromatic heterocycles. The maximum Gasteiger partial charge on any atom is 0.410 e. The number of ether oxygens (including phenoxy) is 1. The maximum atomic E-state index is 11.6. The van der Waals surface area contributed by atoms with Gasteiger partial charge in [0.15, 0.2) is 0 Å². The SMILES string of the molecule is Cc1nnc(CN2CCC[C@]3(C2)CN(C)C(=O)O3)s1. The number of carbonyl (C=O) groups is 1. The highest BCUT2D eigenvalue weighted by Gasteiger charge is 2.46. The van der Waals surface area contributed by atoms with Crippen molar-refractivity contribution in [2.75, 3.05) is 26.7 Å². The summed E-state index contributed by atoms with van der Waals surface area (Å²) in [5.41, 5.74) is -0.316. The molecule has 0 radical (unpaired) electrons. The van der Waals surface area contributed by atoms with Crippen LogP contribution in [-0.2, 0) is 11.3 Å². The minimum atomic E-state index is -0.316. The Bertz CT molecular complexity index is 492. The highest BCUT2D eigenvalue weighted by atomic mass is 32.1. The number of likely N-dealkylation sites (tertiary alicyclic amines) is 1. The highest BCUT2D eigenvalue weighted by Crippen LogP contribution is 2.32. The quantitative estimate of drug-likeness (QED) is 0.817. The molecule has 0 unspecified atom stereocenters. The Kier molecular flexibility index (Phi) is 3.18. The predicted octanol–water partition coefficient (Wildman–Crippen LogP) is 1.26. The van der Waals surface area contributed by atoms with Crippen LogP contribution in [0.25, 0.3) is 0 Å². The van der Waals surface area contributed by atoms with Gasteiger partial charge in [-0.1, -0.05) is 0 Å². The van der Waals surface area contributed by atoms with Crippen molar-refractivity contribution in [3.63, 3.8) is 0 Å². The Morgan fingerprint density at radius 1 is 1.42 bits per heavy atom. The summed E-state index contributed by atoms with van der Waals surface area (Å²) < 4.78 is 5.59. The van der Waals surface area contributed by atoms with E-state index in [0.29, 0.717) is 6.54 Å². The van der Waals surface area contributed by atoms with Gasteiger partial charge in [-0.25, -0.2) is 4.79 Å². The summed E-state index contributed by atoms with van der Waals surface area (Å²) in [6.07, 6.45) is 1.81. The number of carbonyl (C=O) groups excluding carboxylic acids is 1. The molecule has 3 heterocycles. The molecule has 2 aliphatic heterocycles. The summed E-state index contributed by atoms with van der Waals surface area (Å²) in [7, 11) is 1.80. The first-order valence-corrected chi connectivity index (χ1v) is 7.33. The molecule has 3 rings (SSSR count). The van der Waals surface area contributed by atoms with E-state index in [1.165, 1.54) is 0 Å². The van der Waals surface area contributed by atoms with Crippen LogP contribution in [0.4, 0.5) is 4.79 Å². The van der Waals surface area contributed by atoms with Crippen molar-refractivity contribution in [2.24, 2.45) is 0 Å². The zero-order valence-corrected chi connectivity index (χ0v) is 12.1.